The molecule has 0 aliphatic rings. The number of rotatable bonds is 2. The number of aromatic nitrogens is 2. The number of thiocarbonyl (C=S) groups is 1. The summed E-state index contributed by atoms with van der Waals surface area (Å²) in [6.07, 6.45) is 0. The van der Waals surface area contributed by atoms with E-state index >= 15 is 0 Å². The Morgan fingerprint density at radius 1 is 1.22 bits per heavy atom. The molecule has 1 aromatic carbocycles. The smallest absolute Gasteiger partial charge is 0.106 e. The first-order valence-corrected chi connectivity index (χ1v) is 6.26. The van der Waals surface area contributed by atoms with Crippen molar-refractivity contribution in [3.8, 4) is 5.69 Å². The molecule has 0 aliphatic carbocycles. The normalized spacial score (nSPS) is 10.7. The van der Waals surface area contributed by atoms with E-state index in [-0.39, 0.29) is 0 Å². The van der Waals surface area contributed by atoms with E-state index in [2.05, 4.69) is 25.0 Å². The van der Waals surface area contributed by atoms with Crippen LogP contribution in [-0.2, 0) is 0 Å². The van der Waals surface area contributed by atoms with Crippen molar-refractivity contribution in [3.63, 3.8) is 0 Å². The summed E-state index contributed by atoms with van der Waals surface area (Å²) in [4.78, 5) is 0.398. The molecule has 0 unspecified atom stereocenters. The van der Waals surface area contributed by atoms with Crippen LogP contribution in [0.5, 0.6) is 0 Å². The molecule has 0 bridgehead atoms. The lowest BCUT2D eigenvalue weighted by molar-refractivity contribution is 0.830. The maximum atomic E-state index is 5.79. The van der Waals surface area contributed by atoms with Gasteiger partial charge >= 0.3 is 0 Å². The van der Waals surface area contributed by atoms with Crippen LogP contribution in [0.25, 0.3) is 5.69 Å². The van der Waals surface area contributed by atoms with Crippen LogP contribution in [0.15, 0.2) is 18.2 Å². The molecule has 1 aromatic heterocycles. The Morgan fingerprint density at radius 3 is 2.39 bits per heavy atom. The van der Waals surface area contributed by atoms with Crippen LogP contribution < -0.4 is 5.73 Å². The van der Waals surface area contributed by atoms with E-state index in [9.17, 15) is 0 Å². The van der Waals surface area contributed by atoms with Gasteiger partial charge in [-0.05, 0) is 51.0 Å². The Bertz CT molecular complexity index is 626. The maximum absolute atomic E-state index is 5.79. The third-order valence-electron chi connectivity index (χ3n) is 3.30. The number of benzene rings is 1. The summed E-state index contributed by atoms with van der Waals surface area (Å²) in [5.74, 6) is 0. The molecule has 4 heteroatoms. The summed E-state index contributed by atoms with van der Waals surface area (Å²) in [6, 6.07) is 6.03. The first kappa shape index (κ1) is 12.8. The molecule has 3 nitrogen and oxygen atoms in total. The average Bonchev–Trinajstić information content (AvgIpc) is 2.56. The minimum Gasteiger partial charge on any atom is -0.389 e. The van der Waals surface area contributed by atoms with Gasteiger partial charge in [0.05, 0.1) is 11.4 Å². The SMILES string of the molecule is Cc1ccc(C(N)=S)c(-n2nc(C)c(C)c2C)c1. The molecule has 0 spiro atoms. The molecule has 0 amide bonds. The van der Waals surface area contributed by atoms with E-state index in [0.717, 1.165) is 28.2 Å². The average molecular weight is 259 g/mol. The lowest BCUT2D eigenvalue weighted by atomic mass is 10.1. The van der Waals surface area contributed by atoms with Gasteiger partial charge < -0.3 is 5.73 Å². The Balaban J connectivity index is 2.73. The van der Waals surface area contributed by atoms with Crippen molar-refractivity contribution < 1.29 is 0 Å². The molecule has 0 saturated carbocycles. The summed E-state index contributed by atoms with van der Waals surface area (Å²) in [5, 5.41) is 4.57. The summed E-state index contributed by atoms with van der Waals surface area (Å²) in [5.41, 5.74) is 12.1. The number of aryl methyl sites for hydroxylation is 2. The van der Waals surface area contributed by atoms with E-state index in [0.29, 0.717) is 4.99 Å². The number of nitrogens with two attached hydrogens (primary N) is 1. The van der Waals surface area contributed by atoms with Gasteiger partial charge in [0, 0.05) is 11.3 Å². The molecule has 0 aliphatic heterocycles. The van der Waals surface area contributed by atoms with Crippen LogP contribution >= 0.6 is 12.2 Å². The molecular weight excluding hydrogens is 242 g/mol. The fourth-order valence-electron chi connectivity index (χ4n) is 1.98. The molecule has 2 rings (SSSR count). The number of hydrogen-bond acceptors (Lipinski definition) is 2. The van der Waals surface area contributed by atoms with Crippen LogP contribution in [0.4, 0.5) is 0 Å². The van der Waals surface area contributed by atoms with Crippen molar-refractivity contribution >= 4 is 17.2 Å². The highest BCUT2D eigenvalue weighted by molar-refractivity contribution is 7.80. The summed E-state index contributed by atoms with van der Waals surface area (Å²) >= 11 is 5.11. The van der Waals surface area contributed by atoms with Gasteiger partial charge in [-0.1, -0.05) is 18.3 Å². The van der Waals surface area contributed by atoms with Crippen molar-refractivity contribution in [1.82, 2.24) is 9.78 Å². The molecule has 0 radical (unpaired) electrons. The van der Waals surface area contributed by atoms with E-state index in [1.165, 1.54) is 5.56 Å². The van der Waals surface area contributed by atoms with Gasteiger partial charge in [0.25, 0.3) is 0 Å². The van der Waals surface area contributed by atoms with E-state index in [4.69, 9.17) is 18.0 Å². The topological polar surface area (TPSA) is 43.8 Å². The number of hydrogen-bond donors (Lipinski definition) is 1. The van der Waals surface area contributed by atoms with Gasteiger partial charge in [-0.3, -0.25) is 0 Å². The lowest BCUT2D eigenvalue weighted by Crippen LogP contribution is -2.14. The highest BCUT2D eigenvalue weighted by Crippen LogP contribution is 2.21. The minimum atomic E-state index is 0.398. The maximum Gasteiger partial charge on any atom is 0.106 e. The highest BCUT2D eigenvalue weighted by atomic mass is 32.1. The Kier molecular flexibility index (Phi) is 3.22. The quantitative estimate of drug-likeness (QED) is 0.843. The zero-order valence-electron chi connectivity index (χ0n) is 11.1. The van der Waals surface area contributed by atoms with Gasteiger partial charge in [-0.25, -0.2) is 4.68 Å². The van der Waals surface area contributed by atoms with E-state index in [1.54, 1.807) is 0 Å². The van der Waals surface area contributed by atoms with Crippen molar-refractivity contribution in [2.75, 3.05) is 0 Å². The van der Waals surface area contributed by atoms with Crippen LogP contribution in [0.1, 0.15) is 28.1 Å². The van der Waals surface area contributed by atoms with Gasteiger partial charge in [-0.2, -0.15) is 5.10 Å². The van der Waals surface area contributed by atoms with E-state index < -0.39 is 0 Å². The standard InChI is InChI=1S/C14H17N3S/c1-8-5-6-12(14(15)18)13(7-8)17-11(4)9(2)10(3)16-17/h5-7H,1-4H3,(H2,15,18). The van der Waals surface area contributed by atoms with Crippen molar-refractivity contribution in [2.24, 2.45) is 5.73 Å². The molecule has 0 fully saturated rings. The predicted molar refractivity (Wildman–Crippen MR) is 78.4 cm³/mol. The minimum absolute atomic E-state index is 0.398. The summed E-state index contributed by atoms with van der Waals surface area (Å²) in [7, 11) is 0. The highest BCUT2D eigenvalue weighted by Gasteiger charge is 2.13. The van der Waals surface area contributed by atoms with Gasteiger partial charge in [-0.15, -0.1) is 0 Å². The monoisotopic (exact) mass is 259 g/mol. The molecule has 0 atom stereocenters. The molecule has 94 valence electrons. The summed E-state index contributed by atoms with van der Waals surface area (Å²) in [6.45, 7) is 8.19. The first-order chi connectivity index (χ1) is 8.41. The number of nitrogens with zero attached hydrogens (tertiary/aromatic N) is 2. The van der Waals surface area contributed by atoms with Gasteiger partial charge in [0.1, 0.15) is 4.99 Å². The lowest BCUT2D eigenvalue weighted by Gasteiger charge is -2.11. The van der Waals surface area contributed by atoms with Gasteiger partial charge in [0.15, 0.2) is 0 Å². The second-order valence-electron chi connectivity index (χ2n) is 4.59. The van der Waals surface area contributed by atoms with Crippen LogP contribution in [0, 0.1) is 27.7 Å². The van der Waals surface area contributed by atoms with Crippen molar-refractivity contribution in [3.05, 3.63) is 46.3 Å². The largest absolute Gasteiger partial charge is 0.389 e. The second kappa shape index (κ2) is 4.53. The zero-order valence-corrected chi connectivity index (χ0v) is 11.9. The third kappa shape index (κ3) is 2.04. The second-order valence-corrected chi connectivity index (χ2v) is 5.03. The van der Waals surface area contributed by atoms with Crippen molar-refractivity contribution in [2.45, 2.75) is 27.7 Å². The molecule has 0 saturated heterocycles. The Hall–Kier alpha value is -1.68. The Morgan fingerprint density at radius 2 is 1.89 bits per heavy atom. The van der Waals surface area contributed by atoms with Crippen LogP contribution in [0.3, 0.4) is 0 Å². The van der Waals surface area contributed by atoms with Crippen LogP contribution in [0.2, 0.25) is 0 Å². The molecule has 1 heterocycles. The summed E-state index contributed by atoms with van der Waals surface area (Å²) < 4.78 is 1.92. The Labute approximate surface area is 113 Å². The van der Waals surface area contributed by atoms with Gasteiger partial charge in [0.2, 0.25) is 0 Å². The molecular formula is C14H17N3S. The van der Waals surface area contributed by atoms with E-state index in [1.807, 2.05) is 30.7 Å². The van der Waals surface area contributed by atoms with Crippen LogP contribution in [-0.4, -0.2) is 14.8 Å². The third-order valence-corrected chi connectivity index (χ3v) is 3.52. The first-order valence-electron chi connectivity index (χ1n) is 5.85. The fourth-order valence-corrected chi connectivity index (χ4v) is 2.15. The molecule has 2 aromatic rings. The predicted octanol–water partition coefficient (Wildman–Crippen LogP) is 2.74. The van der Waals surface area contributed by atoms with Crippen molar-refractivity contribution in [1.29, 1.82) is 0 Å². The fraction of sp³-hybridized carbons (Fsp3) is 0.286. The molecule has 2 N–H and O–H groups in total. The zero-order chi connectivity index (χ0) is 13.4. The molecule has 18 heavy (non-hydrogen) atoms.